The first-order valence-corrected chi connectivity index (χ1v) is 30.3. The second-order valence-corrected chi connectivity index (χ2v) is 24.1. The van der Waals surface area contributed by atoms with Gasteiger partial charge in [0.2, 0.25) is 59.1 Å². The molecule has 25 nitrogen and oxygen atoms in total. The van der Waals surface area contributed by atoms with Gasteiger partial charge in [0.15, 0.2) is 0 Å². The van der Waals surface area contributed by atoms with Crippen LogP contribution >= 0.6 is 21.6 Å². The molecule has 1 unspecified atom stereocenters. The Balaban J connectivity index is 1.34. The van der Waals surface area contributed by atoms with Crippen LogP contribution < -0.4 is 64.9 Å². The normalized spacial score (nSPS) is 23.9. The number of aliphatic hydroxyl groups is 1. The van der Waals surface area contributed by atoms with E-state index in [0.717, 1.165) is 17.2 Å². The van der Waals surface area contributed by atoms with Crippen molar-refractivity contribution in [2.45, 2.75) is 156 Å². The third kappa shape index (κ3) is 18.5. The highest BCUT2D eigenvalue weighted by molar-refractivity contribution is 8.77. The summed E-state index contributed by atoms with van der Waals surface area (Å²) in [4.78, 5) is 142. The highest BCUT2D eigenvalue weighted by Crippen LogP contribution is 2.48. The molecule has 1 spiro atoms. The van der Waals surface area contributed by atoms with Crippen LogP contribution in [0.2, 0.25) is 0 Å². The number of phenolic OH excluding ortho intramolecular Hbond substituents is 1. The van der Waals surface area contributed by atoms with Gasteiger partial charge in [-0.1, -0.05) is 95.4 Å². The van der Waals surface area contributed by atoms with Crippen molar-refractivity contribution in [1.82, 2.24) is 42.1 Å². The Morgan fingerprint density at radius 3 is 1.94 bits per heavy atom. The van der Waals surface area contributed by atoms with E-state index in [0.29, 0.717) is 54.5 Å². The average molecular weight is 1200 g/mol. The summed E-state index contributed by atoms with van der Waals surface area (Å²) < 4.78 is 4.33. The molecule has 17 N–H and O–H groups in total. The van der Waals surface area contributed by atoms with Crippen molar-refractivity contribution in [3.8, 4) is 11.5 Å². The number of likely N-dealkylation sites (tertiary alicyclic amines) is 1. The number of aromatic hydroxyl groups is 1. The first kappa shape index (κ1) is 65.7. The standard InChI is InChI=1S/C57H78N12O13S2/c1-32(70)46-54(79)65-42(30-45(59)72)51(76)67-43(56(81)69-26-10-14-44(69)53(78)62-38(13-9-25-58)49(74)63-39(48(61)73)27-34-15-19-36(71)20-16-34)31-83-84-57(23-7-4-8-24-57)47(60)55(80)66-40(29-35-17-21-37(82-2)22-18-35)50(75)64-41(52(77)68-46)28-33-11-5-3-6-12-33/h3,5-6,11-12,15-22,32,38-44,46-47,70-71H,4,7-10,13-14,23-31,58,60H2,1-2H3,(H2,59,72)(H2,61,73)(H,62,78)(H,63,74)(H,64,75)(H,65,79)(H,66,80)(H,67,76)(H,68,77)/t32-,38+,39+,40+,41+,42+,43+,44+,46+,47?/m1/s1. The number of benzene rings is 3. The lowest BCUT2D eigenvalue weighted by Gasteiger charge is -2.40. The number of amides is 10. The Hall–Kier alpha value is -7.46. The minimum absolute atomic E-state index is 0.0118. The van der Waals surface area contributed by atoms with Crippen molar-refractivity contribution in [2.75, 3.05) is 26.0 Å². The summed E-state index contributed by atoms with van der Waals surface area (Å²) in [5.74, 6) is -8.51. The number of rotatable bonds is 19. The lowest BCUT2D eigenvalue weighted by molar-refractivity contribution is -0.142. The molecule has 27 heteroatoms. The zero-order valence-electron chi connectivity index (χ0n) is 47.1. The predicted molar refractivity (Wildman–Crippen MR) is 314 cm³/mol. The first-order chi connectivity index (χ1) is 40.1. The van der Waals surface area contributed by atoms with Crippen LogP contribution in [0.25, 0.3) is 0 Å². The molecule has 0 bridgehead atoms. The molecule has 10 atom stereocenters. The van der Waals surface area contributed by atoms with E-state index in [1.807, 2.05) is 0 Å². The lowest BCUT2D eigenvalue weighted by atomic mass is 9.82. The summed E-state index contributed by atoms with van der Waals surface area (Å²) in [6.07, 6.45) is 1.06. The number of primary amides is 2. The Bertz CT molecular complexity index is 2790. The van der Waals surface area contributed by atoms with Gasteiger partial charge in [-0.3, -0.25) is 47.9 Å². The zero-order chi connectivity index (χ0) is 61.1. The van der Waals surface area contributed by atoms with E-state index in [1.165, 1.54) is 41.9 Å². The molecular formula is C57H78N12O13S2. The SMILES string of the molecule is COc1ccc(C[C@@H]2NC(=O)C(N)C3(CCCCC3)SSC[C@@H](C(=O)N3CCC[C@H]3C(=O)N[C@@H](CCCN)C(=O)N[C@@H](Cc3ccc(O)cc3)C(N)=O)NC(=O)[C@H](CC(N)=O)NC(=O)[C@H]([C@@H](C)O)NC(=O)[C@H](Cc3ccccc3)NC2=O)cc1. The van der Waals surface area contributed by atoms with E-state index in [2.05, 4.69) is 37.2 Å². The summed E-state index contributed by atoms with van der Waals surface area (Å²) in [7, 11) is 3.83. The molecular weight excluding hydrogens is 1120 g/mol. The Labute approximate surface area is 495 Å². The average Bonchev–Trinajstić information content (AvgIpc) is 4.15. The molecule has 3 aliphatic rings. The van der Waals surface area contributed by atoms with Crippen LogP contribution in [0.1, 0.15) is 87.8 Å². The van der Waals surface area contributed by atoms with Crippen molar-refractivity contribution in [2.24, 2.45) is 22.9 Å². The van der Waals surface area contributed by atoms with Crippen LogP contribution in [0.5, 0.6) is 11.5 Å². The molecule has 2 aliphatic heterocycles. The van der Waals surface area contributed by atoms with Gasteiger partial charge in [-0.05, 0) is 92.9 Å². The first-order valence-electron chi connectivity index (χ1n) is 28.0. The molecule has 1 aliphatic carbocycles. The minimum atomic E-state index is -1.81. The zero-order valence-corrected chi connectivity index (χ0v) is 48.7. The van der Waals surface area contributed by atoms with Gasteiger partial charge in [0.05, 0.1) is 30.4 Å². The van der Waals surface area contributed by atoms with Crippen LogP contribution in [0.15, 0.2) is 78.9 Å². The highest BCUT2D eigenvalue weighted by Gasteiger charge is 2.46. The number of ether oxygens (including phenoxy) is 1. The van der Waals surface area contributed by atoms with Gasteiger partial charge in [0.25, 0.3) is 0 Å². The van der Waals surface area contributed by atoms with Gasteiger partial charge < -0.3 is 80.0 Å². The molecule has 0 aromatic heterocycles. The number of nitrogens with two attached hydrogens (primary N) is 4. The number of nitrogens with zero attached hydrogens (tertiary/aromatic N) is 1. The molecule has 2 saturated heterocycles. The topological polar surface area (TPSA) is 412 Å². The predicted octanol–water partition coefficient (Wildman–Crippen LogP) is -1.28. The number of carbonyl (C=O) groups is 10. The molecule has 2 heterocycles. The lowest BCUT2D eigenvalue weighted by Crippen LogP contribution is -2.63. The van der Waals surface area contributed by atoms with E-state index in [9.17, 15) is 53.4 Å². The van der Waals surface area contributed by atoms with Crippen LogP contribution in [0.3, 0.4) is 0 Å². The summed E-state index contributed by atoms with van der Waals surface area (Å²) >= 11 is 0. The van der Waals surface area contributed by atoms with Gasteiger partial charge in [0, 0.05) is 31.6 Å². The van der Waals surface area contributed by atoms with Gasteiger partial charge in [0.1, 0.15) is 59.8 Å². The van der Waals surface area contributed by atoms with Crippen LogP contribution in [-0.4, -0.2) is 165 Å². The largest absolute Gasteiger partial charge is 0.508 e. The quantitative estimate of drug-likeness (QED) is 0.0622. The number of phenols is 1. The molecule has 10 amide bonds. The fourth-order valence-electron chi connectivity index (χ4n) is 10.4. The van der Waals surface area contributed by atoms with Crippen LogP contribution in [0.4, 0.5) is 0 Å². The molecule has 6 rings (SSSR count). The maximum atomic E-state index is 15.1. The fraction of sp³-hybridized carbons (Fsp3) is 0.509. The van der Waals surface area contributed by atoms with E-state index in [4.69, 9.17) is 27.7 Å². The number of carbonyl (C=O) groups excluding carboxylic acids is 10. The second-order valence-electron chi connectivity index (χ2n) is 21.4. The molecule has 84 heavy (non-hydrogen) atoms. The maximum absolute atomic E-state index is 15.1. The smallest absolute Gasteiger partial charge is 0.246 e. The van der Waals surface area contributed by atoms with Crippen molar-refractivity contribution in [3.05, 3.63) is 95.6 Å². The van der Waals surface area contributed by atoms with Gasteiger partial charge >= 0.3 is 0 Å². The van der Waals surface area contributed by atoms with E-state index in [-0.39, 0.29) is 63.1 Å². The van der Waals surface area contributed by atoms with Gasteiger partial charge in [-0.25, -0.2) is 0 Å². The third-order valence-electron chi connectivity index (χ3n) is 15.1. The molecule has 0 radical (unpaired) electrons. The second kappa shape index (κ2) is 31.4. The summed E-state index contributed by atoms with van der Waals surface area (Å²) in [5.41, 5.74) is 25.9. The van der Waals surface area contributed by atoms with Crippen LogP contribution in [0, 0.1) is 0 Å². The Morgan fingerprint density at radius 2 is 1.33 bits per heavy atom. The van der Waals surface area contributed by atoms with Crippen molar-refractivity contribution in [1.29, 1.82) is 0 Å². The fourth-order valence-corrected chi connectivity index (χ4v) is 13.8. The molecule has 3 aromatic carbocycles. The minimum Gasteiger partial charge on any atom is -0.508 e. The number of hydrogen-bond acceptors (Lipinski definition) is 17. The molecule has 3 aromatic rings. The van der Waals surface area contributed by atoms with Crippen LogP contribution in [-0.2, 0) is 67.2 Å². The van der Waals surface area contributed by atoms with E-state index < -0.39 is 131 Å². The molecule has 3 fully saturated rings. The number of hydrogen-bond donors (Lipinski definition) is 13. The van der Waals surface area contributed by atoms with E-state index >= 15 is 4.79 Å². The Kier molecular flexibility index (Phi) is 24.6. The monoisotopic (exact) mass is 1200 g/mol. The van der Waals surface area contributed by atoms with Crippen molar-refractivity contribution >= 4 is 80.7 Å². The summed E-state index contributed by atoms with van der Waals surface area (Å²) in [6.45, 7) is 1.34. The summed E-state index contributed by atoms with van der Waals surface area (Å²) in [6, 6.07) is 8.55. The summed E-state index contributed by atoms with van der Waals surface area (Å²) in [5, 5.41) is 39.3. The Morgan fingerprint density at radius 1 is 0.738 bits per heavy atom. The molecule has 1 saturated carbocycles. The van der Waals surface area contributed by atoms with E-state index in [1.54, 1.807) is 66.7 Å². The van der Waals surface area contributed by atoms with Gasteiger partial charge in [-0.15, -0.1) is 0 Å². The highest BCUT2D eigenvalue weighted by atomic mass is 33.1. The molecule has 456 valence electrons. The maximum Gasteiger partial charge on any atom is 0.246 e. The van der Waals surface area contributed by atoms with Gasteiger partial charge in [-0.2, -0.15) is 0 Å². The van der Waals surface area contributed by atoms with Crippen molar-refractivity contribution in [3.63, 3.8) is 0 Å². The number of nitrogens with one attached hydrogen (secondary N) is 7. The third-order valence-corrected chi connectivity index (χ3v) is 18.4. The van der Waals surface area contributed by atoms with Crippen molar-refractivity contribution < 1.29 is 62.9 Å². The number of aliphatic hydroxyl groups excluding tert-OH is 1. The number of methoxy groups -OCH3 is 1.